The zero-order valence-electron chi connectivity index (χ0n) is 21.1. The maximum atomic E-state index is 12.4. The summed E-state index contributed by atoms with van der Waals surface area (Å²) < 4.78 is 47.0. The maximum absolute atomic E-state index is 12.4. The fourth-order valence-electron chi connectivity index (χ4n) is 6.29. The topological polar surface area (TPSA) is 63.3 Å². The third-order valence-electron chi connectivity index (χ3n) is 8.07. The number of H-pyrrole nitrogens is 1. The van der Waals surface area contributed by atoms with Crippen molar-refractivity contribution in [2.45, 2.75) is 56.8 Å². The largest absolute Gasteiger partial charge is 0.573 e. The summed E-state index contributed by atoms with van der Waals surface area (Å²) in [5.74, 6) is 1.25. The van der Waals surface area contributed by atoms with Gasteiger partial charge in [-0.25, -0.2) is 4.98 Å². The van der Waals surface area contributed by atoms with E-state index in [-0.39, 0.29) is 5.75 Å². The zero-order valence-corrected chi connectivity index (χ0v) is 21.1. The van der Waals surface area contributed by atoms with Gasteiger partial charge in [-0.15, -0.1) is 13.2 Å². The number of hydrogen-bond acceptors (Lipinski definition) is 5. The second kappa shape index (κ2) is 10.4. The lowest BCUT2D eigenvalue weighted by Gasteiger charge is -2.41. The Bertz CT molecular complexity index is 1380. The molecular formula is C29H31F3N4O2. The van der Waals surface area contributed by atoms with Crippen LogP contribution in [0.25, 0.3) is 21.9 Å². The van der Waals surface area contributed by atoms with E-state index in [1.807, 2.05) is 18.6 Å². The SMILES string of the molecule is FC(F)(F)Oc1ccc(OCC2CCCN(C3CCC(c4ccnc5cnc6[nH]ccc6c45)CC3)C2)cc1. The van der Waals surface area contributed by atoms with Gasteiger partial charge in [-0.2, -0.15) is 0 Å². The number of fused-ring (bicyclic) bond motifs is 3. The van der Waals surface area contributed by atoms with Gasteiger partial charge < -0.3 is 14.5 Å². The lowest BCUT2D eigenvalue weighted by Crippen LogP contribution is -2.45. The van der Waals surface area contributed by atoms with Gasteiger partial charge in [-0.1, -0.05) is 0 Å². The summed E-state index contributed by atoms with van der Waals surface area (Å²) in [6.45, 7) is 2.68. The minimum absolute atomic E-state index is 0.238. The number of rotatable bonds is 6. The van der Waals surface area contributed by atoms with Crippen LogP contribution in [-0.4, -0.2) is 52.0 Å². The molecule has 6 nitrogen and oxygen atoms in total. The van der Waals surface area contributed by atoms with Gasteiger partial charge >= 0.3 is 6.36 Å². The van der Waals surface area contributed by atoms with Crippen LogP contribution in [0.3, 0.4) is 0 Å². The summed E-state index contributed by atoms with van der Waals surface area (Å²) in [7, 11) is 0. The van der Waals surface area contributed by atoms with Crippen molar-refractivity contribution in [2.24, 2.45) is 5.92 Å². The van der Waals surface area contributed by atoms with Crippen LogP contribution >= 0.6 is 0 Å². The van der Waals surface area contributed by atoms with Crippen LogP contribution in [0.5, 0.6) is 11.5 Å². The smallest absolute Gasteiger partial charge is 0.493 e. The molecule has 1 N–H and O–H groups in total. The Balaban J connectivity index is 1.04. The molecule has 1 aliphatic heterocycles. The fraction of sp³-hybridized carbons (Fsp3) is 0.448. The molecule has 0 bridgehead atoms. The van der Waals surface area contributed by atoms with Crippen LogP contribution in [0.15, 0.2) is 55.0 Å². The van der Waals surface area contributed by atoms with Crippen molar-refractivity contribution in [3.63, 3.8) is 0 Å². The van der Waals surface area contributed by atoms with E-state index in [1.54, 1.807) is 0 Å². The van der Waals surface area contributed by atoms with E-state index in [0.29, 0.717) is 30.2 Å². The number of hydrogen-bond donors (Lipinski definition) is 1. The van der Waals surface area contributed by atoms with Crippen molar-refractivity contribution in [2.75, 3.05) is 19.7 Å². The molecule has 1 atom stereocenters. The number of aromatic nitrogens is 3. The Morgan fingerprint density at radius 1 is 0.947 bits per heavy atom. The van der Waals surface area contributed by atoms with E-state index in [4.69, 9.17) is 4.74 Å². The van der Waals surface area contributed by atoms with E-state index >= 15 is 0 Å². The van der Waals surface area contributed by atoms with Gasteiger partial charge in [0, 0.05) is 41.7 Å². The standard InChI is InChI=1S/C29H31F3N4O2/c30-29(31,32)38-23-9-7-22(8-10-23)37-18-19-2-1-15-36(17-19)21-5-3-20(4-6-21)24-11-13-33-26-16-35-28-25(27(24)26)12-14-34-28/h7-14,16,19-21H,1-6,15,17-18H2,(H,34,35). The van der Waals surface area contributed by atoms with Crippen LogP contribution in [0, 0.1) is 5.92 Å². The number of nitrogens with zero attached hydrogens (tertiary/aromatic N) is 3. The highest BCUT2D eigenvalue weighted by Crippen LogP contribution is 2.40. The van der Waals surface area contributed by atoms with Crippen molar-refractivity contribution in [3.8, 4) is 11.5 Å². The van der Waals surface area contributed by atoms with Gasteiger partial charge in [0.2, 0.25) is 0 Å². The van der Waals surface area contributed by atoms with Gasteiger partial charge in [0.05, 0.1) is 18.3 Å². The van der Waals surface area contributed by atoms with Gasteiger partial charge in [-0.05, 0) is 92.9 Å². The lowest BCUT2D eigenvalue weighted by atomic mass is 9.79. The monoisotopic (exact) mass is 524 g/mol. The molecule has 1 aromatic carbocycles. The maximum Gasteiger partial charge on any atom is 0.573 e. The molecule has 38 heavy (non-hydrogen) atoms. The van der Waals surface area contributed by atoms with Gasteiger partial charge in [0.25, 0.3) is 0 Å². The zero-order chi connectivity index (χ0) is 26.1. The van der Waals surface area contributed by atoms with Crippen LogP contribution in [-0.2, 0) is 0 Å². The van der Waals surface area contributed by atoms with E-state index < -0.39 is 6.36 Å². The number of pyridine rings is 2. The first kappa shape index (κ1) is 25.0. The lowest BCUT2D eigenvalue weighted by molar-refractivity contribution is -0.274. The number of nitrogens with one attached hydrogen (secondary N) is 1. The number of ether oxygens (including phenoxy) is 2. The van der Waals surface area contributed by atoms with E-state index in [2.05, 4.69) is 36.7 Å². The van der Waals surface area contributed by atoms with Crippen molar-refractivity contribution in [3.05, 3.63) is 60.6 Å². The van der Waals surface area contributed by atoms with Crippen molar-refractivity contribution >= 4 is 21.9 Å². The molecule has 2 aliphatic rings. The van der Waals surface area contributed by atoms with Crippen molar-refractivity contribution in [1.29, 1.82) is 0 Å². The van der Waals surface area contributed by atoms with Crippen LogP contribution in [0.4, 0.5) is 13.2 Å². The molecule has 2 fully saturated rings. The first-order valence-electron chi connectivity index (χ1n) is 13.4. The molecule has 1 aliphatic carbocycles. The number of halogens is 3. The van der Waals surface area contributed by atoms with E-state index in [1.165, 1.54) is 48.1 Å². The van der Waals surface area contributed by atoms with Gasteiger partial charge in [0.15, 0.2) is 0 Å². The Morgan fingerprint density at radius 3 is 2.53 bits per heavy atom. The predicted octanol–water partition coefficient (Wildman–Crippen LogP) is 6.83. The molecule has 0 radical (unpaired) electrons. The molecular weight excluding hydrogens is 493 g/mol. The molecule has 0 amide bonds. The minimum Gasteiger partial charge on any atom is -0.493 e. The molecule has 3 aromatic heterocycles. The first-order chi connectivity index (χ1) is 18.4. The summed E-state index contributed by atoms with van der Waals surface area (Å²) >= 11 is 0. The number of piperidine rings is 1. The third kappa shape index (κ3) is 5.43. The second-order valence-electron chi connectivity index (χ2n) is 10.5. The highest BCUT2D eigenvalue weighted by molar-refractivity contribution is 6.05. The van der Waals surface area contributed by atoms with Crippen LogP contribution < -0.4 is 9.47 Å². The number of alkyl halides is 3. The Labute approximate surface area is 219 Å². The normalized spacial score (nSPS) is 23.1. The van der Waals surface area contributed by atoms with E-state index in [9.17, 15) is 13.2 Å². The van der Waals surface area contributed by atoms with E-state index in [0.717, 1.165) is 55.3 Å². The third-order valence-corrected chi connectivity index (χ3v) is 8.07. The summed E-state index contributed by atoms with van der Waals surface area (Å²) in [6, 6.07) is 10.5. The Morgan fingerprint density at radius 2 is 1.74 bits per heavy atom. The summed E-state index contributed by atoms with van der Waals surface area (Å²) in [4.78, 5) is 14.9. The Hall–Kier alpha value is -3.33. The molecule has 4 aromatic rings. The molecule has 0 spiro atoms. The minimum atomic E-state index is -4.69. The molecule has 4 heterocycles. The van der Waals surface area contributed by atoms with Crippen molar-refractivity contribution in [1.82, 2.24) is 19.9 Å². The number of likely N-dealkylation sites (tertiary alicyclic amines) is 1. The molecule has 9 heteroatoms. The van der Waals surface area contributed by atoms with Crippen molar-refractivity contribution < 1.29 is 22.6 Å². The highest BCUT2D eigenvalue weighted by atomic mass is 19.4. The second-order valence-corrected chi connectivity index (χ2v) is 10.5. The Kier molecular flexibility index (Phi) is 6.86. The molecule has 1 saturated carbocycles. The van der Waals surface area contributed by atoms with Gasteiger partial charge in [0.1, 0.15) is 17.1 Å². The quantitative estimate of drug-likeness (QED) is 0.300. The molecule has 1 unspecified atom stereocenters. The fourth-order valence-corrected chi connectivity index (χ4v) is 6.29. The van der Waals surface area contributed by atoms with Crippen LogP contribution in [0.1, 0.15) is 50.0 Å². The highest BCUT2D eigenvalue weighted by Gasteiger charge is 2.32. The average Bonchev–Trinajstić information content (AvgIpc) is 3.41. The average molecular weight is 525 g/mol. The first-order valence-corrected chi connectivity index (χ1v) is 13.4. The summed E-state index contributed by atoms with van der Waals surface area (Å²) in [6.07, 6.45) is 7.92. The van der Waals surface area contributed by atoms with Crippen LogP contribution in [0.2, 0.25) is 0 Å². The van der Waals surface area contributed by atoms with Gasteiger partial charge in [-0.3, -0.25) is 9.88 Å². The summed E-state index contributed by atoms with van der Waals surface area (Å²) in [5, 5.41) is 2.38. The number of benzene rings is 1. The summed E-state index contributed by atoms with van der Waals surface area (Å²) in [5.41, 5.74) is 3.25. The molecule has 6 rings (SSSR count). The predicted molar refractivity (Wildman–Crippen MR) is 139 cm³/mol. The molecule has 200 valence electrons. The number of aromatic amines is 1. The molecule has 1 saturated heterocycles.